The summed E-state index contributed by atoms with van der Waals surface area (Å²) < 4.78 is 0. The number of primary amides is 1. The van der Waals surface area contributed by atoms with E-state index < -0.39 is 86.6 Å². The number of carbonyl (C=O) groups excluding carboxylic acids is 3. The number of phenolic OH excluding ortho intramolecular Hbond substituents is 1. The van der Waals surface area contributed by atoms with Crippen LogP contribution in [0.1, 0.15) is 18.1 Å². The van der Waals surface area contributed by atoms with Crippen molar-refractivity contribution in [3.8, 4) is 5.75 Å². The summed E-state index contributed by atoms with van der Waals surface area (Å²) in [7, 11) is 2.73. The molecular formula is C22H22CaN2O9. The fraction of sp³-hybridized carbons (Fsp3) is 0.409. The number of rotatable bonds is 2. The molecule has 0 radical (unpaired) electrons. The minimum absolute atomic E-state index is 0. The predicted molar refractivity (Wildman–Crippen MR) is 112 cm³/mol. The Morgan fingerprint density at radius 3 is 2.29 bits per heavy atom. The van der Waals surface area contributed by atoms with Gasteiger partial charge in [0.25, 0.3) is 5.91 Å². The first-order valence-corrected chi connectivity index (χ1v) is 10.0. The number of benzene rings is 1. The summed E-state index contributed by atoms with van der Waals surface area (Å²) in [5.74, 6) is -10.8. The number of likely N-dealkylation sites (N-methyl/N-ethyl adjacent to an activating group) is 1. The van der Waals surface area contributed by atoms with Gasteiger partial charge in [-0.2, -0.15) is 0 Å². The Morgan fingerprint density at radius 2 is 1.76 bits per heavy atom. The van der Waals surface area contributed by atoms with Gasteiger partial charge in [0, 0.05) is 23.0 Å². The summed E-state index contributed by atoms with van der Waals surface area (Å²) in [4.78, 5) is 39.7. The van der Waals surface area contributed by atoms with Crippen LogP contribution in [0.5, 0.6) is 5.75 Å². The van der Waals surface area contributed by atoms with Gasteiger partial charge < -0.3 is 36.4 Å². The van der Waals surface area contributed by atoms with E-state index in [9.17, 15) is 45.0 Å². The SMILES string of the molecule is CN(C)[C@@H]1C(=O)C(C(N)=O)=C([O-])[C@@]2(O)C(=O)C3=C([O-])c4c(O)cccc4[C@@](C)(O)C3[C@H](O)[C@@H]12.[Ca+2]. The summed E-state index contributed by atoms with van der Waals surface area (Å²) in [5, 5.41) is 70.8. The Labute approximate surface area is 223 Å². The first-order chi connectivity index (χ1) is 15.2. The fourth-order valence-corrected chi connectivity index (χ4v) is 5.56. The van der Waals surface area contributed by atoms with Gasteiger partial charge in [0.15, 0.2) is 11.6 Å². The summed E-state index contributed by atoms with van der Waals surface area (Å²) >= 11 is 0. The van der Waals surface area contributed by atoms with Crippen molar-refractivity contribution in [2.45, 2.75) is 30.3 Å². The first kappa shape index (κ1) is 26.6. The van der Waals surface area contributed by atoms with Crippen LogP contribution in [-0.4, -0.2) is 112 Å². The van der Waals surface area contributed by atoms with Gasteiger partial charge in [-0.25, -0.2) is 0 Å². The molecule has 12 heteroatoms. The number of aliphatic hydroxyl groups excluding tert-OH is 1. The number of Topliss-reactive ketones (excluding diaryl/α,β-unsaturated/α-hetero) is 2. The van der Waals surface area contributed by atoms with Crippen molar-refractivity contribution in [1.82, 2.24) is 4.90 Å². The van der Waals surface area contributed by atoms with Crippen LogP contribution < -0.4 is 15.9 Å². The van der Waals surface area contributed by atoms with Crippen LogP contribution in [0, 0.1) is 11.8 Å². The van der Waals surface area contributed by atoms with Crippen molar-refractivity contribution >= 4 is 61.0 Å². The zero-order valence-corrected chi connectivity index (χ0v) is 20.8. The molecule has 1 saturated carbocycles. The van der Waals surface area contributed by atoms with Crippen LogP contribution >= 0.6 is 0 Å². The van der Waals surface area contributed by atoms with Gasteiger partial charge in [-0.1, -0.05) is 23.7 Å². The zero-order valence-electron chi connectivity index (χ0n) is 18.6. The molecule has 0 spiro atoms. The quantitative estimate of drug-likeness (QED) is 0.196. The molecule has 0 bridgehead atoms. The molecule has 1 unspecified atom stereocenters. The molecule has 1 aromatic rings. The molecule has 34 heavy (non-hydrogen) atoms. The van der Waals surface area contributed by atoms with Crippen LogP contribution in [0.25, 0.3) is 5.76 Å². The van der Waals surface area contributed by atoms with Crippen LogP contribution in [0.3, 0.4) is 0 Å². The average Bonchev–Trinajstić information content (AvgIpc) is 2.70. The Kier molecular flexibility index (Phi) is 6.50. The summed E-state index contributed by atoms with van der Waals surface area (Å²) in [6.07, 6.45) is -1.95. The van der Waals surface area contributed by atoms with E-state index in [-0.39, 0.29) is 43.3 Å². The maximum Gasteiger partial charge on any atom is 2.00 e. The van der Waals surface area contributed by atoms with E-state index in [2.05, 4.69) is 0 Å². The number of ketones is 2. The second-order valence-electron chi connectivity index (χ2n) is 9.02. The average molecular weight is 499 g/mol. The van der Waals surface area contributed by atoms with Gasteiger partial charge in [0.05, 0.1) is 23.3 Å². The van der Waals surface area contributed by atoms with Crippen molar-refractivity contribution < 1.29 is 45.0 Å². The minimum atomic E-state index is -3.17. The van der Waals surface area contributed by atoms with Crippen LogP contribution in [-0.2, 0) is 20.0 Å². The maximum atomic E-state index is 13.6. The Morgan fingerprint density at radius 1 is 1.18 bits per heavy atom. The minimum Gasteiger partial charge on any atom is -0.873 e. The number of hydrogen-bond donors (Lipinski definition) is 5. The number of amides is 1. The Hall–Kier alpha value is -1.99. The largest absolute Gasteiger partial charge is 2.00 e. The molecular weight excluding hydrogens is 476 g/mol. The van der Waals surface area contributed by atoms with Gasteiger partial charge in [-0.05, 0) is 32.6 Å². The van der Waals surface area contributed by atoms with Gasteiger partial charge in [0.1, 0.15) is 11.4 Å². The number of nitrogens with two attached hydrogens (primary N) is 1. The third kappa shape index (κ3) is 3.12. The Balaban J connectivity index is 0.00000324. The van der Waals surface area contributed by atoms with Gasteiger partial charge >= 0.3 is 37.7 Å². The van der Waals surface area contributed by atoms with Crippen molar-refractivity contribution in [3.63, 3.8) is 0 Å². The molecule has 0 aliphatic heterocycles. The predicted octanol–water partition coefficient (Wildman–Crippen LogP) is -4.18. The van der Waals surface area contributed by atoms with Crippen LogP contribution in [0.2, 0.25) is 0 Å². The van der Waals surface area contributed by atoms with Gasteiger partial charge in [-0.15, -0.1) is 0 Å². The molecule has 1 fully saturated rings. The van der Waals surface area contributed by atoms with Gasteiger partial charge in [-0.3, -0.25) is 19.3 Å². The van der Waals surface area contributed by atoms with Crippen molar-refractivity contribution in [1.29, 1.82) is 0 Å². The second-order valence-corrected chi connectivity index (χ2v) is 9.02. The molecule has 4 rings (SSSR count). The van der Waals surface area contributed by atoms with E-state index in [1.807, 2.05) is 0 Å². The smallest absolute Gasteiger partial charge is 0.873 e. The molecule has 3 aliphatic carbocycles. The van der Waals surface area contributed by atoms with E-state index in [0.29, 0.717) is 0 Å². The summed E-state index contributed by atoms with van der Waals surface area (Å²) in [6, 6.07) is 2.30. The van der Waals surface area contributed by atoms with Crippen molar-refractivity contribution in [2.75, 3.05) is 14.1 Å². The Bertz CT molecular complexity index is 1190. The van der Waals surface area contributed by atoms with E-state index in [0.717, 1.165) is 6.07 Å². The number of hydrogen-bond acceptors (Lipinski definition) is 10. The standard InChI is InChI=1S/C22H24N2O9.Ca/c1-21(32)7-5-4-6-8(25)9(7)15(26)10-12(21)17(28)13-14(24(2)3)16(27)11(20(23)31)19(30)22(13,33)18(10)29;/h4-6,12-14,17,25-26,28,30,32-33H,1-3H3,(H2,23,31);/q;+2/p-2/t12?,13-,14+,17+,21-,22+;/m1./s1. The molecule has 3 aliphatic rings. The number of aliphatic hydroxyl groups is 3. The number of fused-ring (bicyclic) bond motifs is 3. The topological polar surface area (TPSA) is 208 Å². The summed E-state index contributed by atoms with van der Waals surface area (Å²) in [5.41, 5.74) is -2.53. The second kappa shape index (κ2) is 8.30. The van der Waals surface area contributed by atoms with E-state index in [4.69, 9.17) is 5.73 Å². The van der Waals surface area contributed by atoms with Crippen molar-refractivity contribution in [3.05, 3.63) is 46.2 Å². The monoisotopic (exact) mass is 498 g/mol. The fourth-order valence-electron chi connectivity index (χ4n) is 5.56. The zero-order chi connectivity index (χ0) is 24.8. The molecule has 0 heterocycles. The number of phenols is 1. The molecule has 6 N–H and O–H groups in total. The third-order valence-corrected chi connectivity index (χ3v) is 6.99. The normalized spacial score (nSPS) is 34.9. The number of aromatic hydroxyl groups is 1. The van der Waals surface area contributed by atoms with Crippen molar-refractivity contribution in [2.24, 2.45) is 17.6 Å². The van der Waals surface area contributed by atoms with E-state index >= 15 is 0 Å². The molecule has 1 aromatic carbocycles. The van der Waals surface area contributed by atoms with Gasteiger partial charge in [0.2, 0.25) is 0 Å². The molecule has 1 amide bonds. The molecule has 176 valence electrons. The maximum absolute atomic E-state index is 13.6. The first-order valence-electron chi connectivity index (χ1n) is 10.0. The van der Waals surface area contributed by atoms with Crippen LogP contribution in [0.15, 0.2) is 35.1 Å². The molecule has 6 atom stereocenters. The summed E-state index contributed by atoms with van der Waals surface area (Å²) in [6.45, 7) is 1.21. The third-order valence-electron chi connectivity index (χ3n) is 6.99. The van der Waals surface area contributed by atoms with E-state index in [1.165, 1.54) is 38.1 Å². The molecule has 0 aromatic heterocycles. The van der Waals surface area contributed by atoms with E-state index in [1.54, 1.807) is 0 Å². The number of carbonyl (C=O) groups is 3. The molecule has 11 nitrogen and oxygen atoms in total. The molecule has 0 saturated heterocycles. The van der Waals surface area contributed by atoms with Crippen LogP contribution in [0.4, 0.5) is 0 Å². The number of nitrogens with zero attached hydrogens (tertiary/aromatic N) is 1.